The van der Waals surface area contributed by atoms with Crippen molar-refractivity contribution in [1.29, 1.82) is 0 Å². The van der Waals surface area contributed by atoms with Crippen molar-refractivity contribution in [2.24, 2.45) is 0 Å². The van der Waals surface area contributed by atoms with E-state index in [9.17, 15) is 4.79 Å². The molecule has 1 heterocycles. The first-order chi connectivity index (χ1) is 3.39. The van der Waals surface area contributed by atoms with Crippen LogP contribution in [0.2, 0.25) is 0 Å². The molecule has 0 aromatic heterocycles. The molecule has 1 rings (SSSR count). The van der Waals surface area contributed by atoms with E-state index in [0.29, 0.717) is 5.75 Å². The van der Waals surface area contributed by atoms with Crippen molar-refractivity contribution >= 4 is 17.7 Å². The SMILES string of the molecule is O=C1C=CNSC1. The molecule has 0 atom stereocenters. The van der Waals surface area contributed by atoms with E-state index in [1.807, 2.05) is 0 Å². The standard InChI is InChI=1S/C4H5NOS/c6-4-1-2-5-7-3-4/h1-2,5H,3H2. The molecule has 0 unspecified atom stereocenters. The molecule has 0 aliphatic carbocycles. The van der Waals surface area contributed by atoms with Gasteiger partial charge in [-0.3, -0.25) is 4.79 Å². The third-order valence-electron chi connectivity index (χ3n) is 0.635. The minimum absolute atomic E-state index is 0.184. The molecular formula is C4H5NOS. The van der Waals surface area contributed by atoms with Gasteiger partial charge in [-0.2, -0.15) is 0 Å². The Morgan fingerprint density at radius 2 is 2.71 bits per heavy atom. The van der Waals surface area contributed by atoms with Crippen molar-refractivity contribution in [2.45, 2.75) is 0 Å². The Morgan fingerprint density at radius 1 is 1.86 bits per heavy atom. The fraction of sp³-hybridized carbons (Fsp3) is 0.250. The van der Waals surface area contributed by atoms with Crippen molar-refractivity contribution in [2.75, 3.05) is 5.75 Å². The van der Waals surface area contributed by atoms with Gasteiger partial charge in [0.2, 0.25) is 0 Å². The van der Waals surface area contributed by atoms with Crippen LogP contribution in [0.3, 0.4) is 0 Å². The van der Waals surface area contributed by atoms with Crippen LogP contribution >= 0.6 is 11.9 Å². The van der Waals surface area contributed by atoms with Gasteiger partial charge in [0.25, 0.3) is 0 Å². The van der Waals surface area contributed by atoms with E-state index < -0.39 is 0 Å². The normalized spacial score (nSPS) is 19.1. The van der Waals surface area contributed by atoms with Crippen LogP contribution in [0, 0.1) is 0 Å². The Balaban J connectivity index is 2.51. The molecule has 3 heteroatoms. The summed E-state index contributed by atoms with van der Waals surface area (Å²) in [4.78, 5) is 10.3. The maximum Gasteiger partial charge on any atom is 0.168 e. The van der Waals surface area contributed by atoms with Gasteiger partial charge in [-0.1, -0.05) is 0 Å². The first-order valence-electron chi connectivity index (χ1n) is 1.96. The summed E-state index contributed by atoms with van der Waals surface area (Å²) in [5.41, 5.74) is 0. The van der Waals surface area contributed by atoms with Crippen molar-refractivity contribution < 1.29 is 4.79 Å². The van der Waals surface area contributed by atoms with Gasteiger partial charge >= 0.3 is 0 Å². The Kier molecular flexibility index (Phi) is 1.36. The van der Waals surface area contributed by atoms with Crippen LogP contribution in [0.25, 0.3) is 0 Å². The molecule has 0 spiro atoms. The number of ketones is 1. The van der Waals surface area contributed by atoms with Crippen LogP contribution in [-0.4, -0.2) is 11.5 Å². The highest BCUT2D eigenvalue weighted by Crippen LogP contribution is 1.98. The number of hydrogen-bond acceptors (Lipinski definition) is 3. The lowest BCUT2D eigenvalue weighted by Crippen LogP contribution is -2.08. The van der Waals surface area contributed by atoms with Crippen LogP contribution in [0.1, 0.15) is 0 Å². The fourth-order valence-corrected chi connectivity index (χ4v) is 0.822. The predicted molar refractivity (Wildman–Crippen MR) is 29.7 cm³/mol. The third kappa shape index (κ3) is 1.23. The van der Waals surface area contributed by atoms with E-state index in [2.05, 4.69) is 4.72 Å². The molecule has 0 fully saturated rings. The summed E-state index contributed by atoms with van der Waals surface area (Å²) in [6.07, 6.45) is 3.19. The quantitative estimate of drug-likeness (QED) is 0.461. The van der Waals surface area contributed by atoms with Crippen molar-refractivity contribution in [3.05, 3.63) is 12.3 Å². The van der Waals surface area contributed by atoms with E-state index in [4.69, 9.17) is 0 Å². The Labute approximate surface area is 46.1 Å². The van der Waals surface area contributed by atoms with Gasteiger partial charge in [-0.05, 0) is 18.0 Å². The molecule has 2 nitrogen and oxygen atoms in total. The predicted octanol–water partition coefficient (Wildman–Crippen LogP) is 0.321. The first-order valence-corrected chi connectivity index (χ1v) is 2.95. The summed E-state index contributed by atoms with van der Waals surface area (Å²) in [6, 6.07) is 0. The second kappa shape index (κ2) is 2.02. The second-order valence-corrected chi connectivity index (χ2v) is 2.02. The van der Waals surface area contributed by atoms with Crippen LogP contribution < -0.4 is 4.72 Å². The maximum atomic E-state index is 10.3. The summed E-state index contributed by atoms with van der Waals surface area (Å²) in [6.45, 7) is 0. The minimum atomic E-state index is 0.184. The molecule has 1 aliphatic rings. The number of nitrogens with one attached hydrogen (secondary N) is 1. The topological polar surface area (TPSA) is 29.1 Å². The largest absolute Gasteiger partial charge is 0.336 e. The van der Waals surface area contributed by atoms with Crippen LogP contribution in [0.5, 0.6) is 0 Å². The molecule has 38 valence electrons. The average molecular weight is 115 g/mol. The van der Waals surface area contributed by atoms with E-state index in [1.165, 1.54) is 18.0 Å². The van der Waals surface area contributed by atoms with Gasteiger partial charge in [0.05, 0.1) is 5.75 Å². The summed E-state index contributed by atoms with van der Waals surface area (Å²) in [5, 5.41) is 0. The zero-order chi connectivity index (χ0) is 5.11. The monoisotopic (exact) mass is 115 g/mol. The van der Waals surface area contributed by atoms with Gasteiger partial charge in [0.15, 0.2) is 5.78 Å². The molecule has 0 aromatic carbocycles. The lowest BCUT2D eigenvalue weighted by atomic mass is 10.4. The summed E-state index contributed by atoms with van der Waals surface area (Å²) in [7, 11) is 0. The highest BCUT2D eigenvalue weighted by atomic mass is 32.2. The maximum absolute atomic E-state index is 10.3. The Hall–Kier alpha value is -0.440. The molecule has 1 aliphatic heterocycles. The minimum Gasteiger partial charge on any atom is -0.336 e. The Bertz CT molecular complexity index is 110. The summed E-state index contributed by atoms with van der Waals surface area (Å²) < 4.78 is 2.83. The lowest BCUT2D eigenvalue weighted by molar-refractivity contribution is -0.112. The average Bonchev–Trinajstić information content (AvgIpc) is 1.69. The zero-order valence-electron chi connectivity index (χ0n) is 3.68. The van der Waals surface area contributed by atoms with Crippen LogP contribution in [0.4, 0.5) is 0 Å². The smallest absolute Gasteiger partial charge is 0.168 e. The van der Waals surface area contributed by atoms with E-state index in [1.54, 1.807) is 6.20 Å². The van der Waals surface area contributed by atoms with Crippen LogP contribution in [0.15, 0.2) is 12.3 Å². The zero-order valence-corrected chi connectivity index (χ0v) is 4.49. The molecule has 0 amide bonds. The van der Waals surface area contributed by atoms with Gasteiger partial charge < -0.3 is 4.72 Å². The first kappa shape index (κ1) is 4.71. The van der Waals surface area contributed by atoms with Gasteiger partial charge in [0, 0.05) is 6.20 Å². The van der Waals surface area contributed by atoms with Gasteiger partial charge in [-0.15, -0.1) is 0 Å². The number of carbonyl (C=O) groups is 1. The molecule has 1 N–H and O–H groups in total. The van der Waals surface area contributed by atoms with Crippen molar-refractivity contribution in [1.82, 2.24) is 4.72 Å². The lowest BCUT2D eigenvalue weighted by Gasteiger charge is -2.00. The molecule has 0 saturated carbocycles. The van der Waals surface area contributed by atoms with Crippen LogP contribution in [-0.2, 0) is 4.79 Å². The van der Waals surface area contributed by atoms with Crippen molar-refractivity contribution in [3.8, 4) is 0 Å². The van der Waals surface area contributed by atoms with E-state index >= 15 is 0 Å². The molecule has 7 heavy (non-hydrogen) atoms. The van der Waals surface area contributed by atoms with Gasteiger partial charge in [0.1, 0.15) is 0 Å². The fourth-order valence-electron chi connectivity index (χ4n) is 0.336. The number of rotatable bonds is 0. The van der Waals surface area contributed by atoms with E-state index in [-0.39, 0.29) is 5.78 Å². The molecular weight excluding hydrogens is 110 g/mol. The number of carbonyl (C=O) groups excluding carboxylic acids is 1. The van der Waals surface area contributed by atoms with E-state index in [0.717, 1.165) is 0 Å². The molecule has 0 aromatic rings. The van der Waals surface area contributed by atoms with Gasteiger partial charge in [-0.25, -0.2) is 0 Å². The summed E-state index contributed by atoms with van der Waals surface area (Å²) >= 11 is 1.42. The Morgan fingerprint density at radius 3 is 3.00 bits per heavy atom. The number of hydrogen-bond donors (Lipinski definition) is 1. The highest BCUT2D eigenvalue weighted by molar-refractivity contribution is 7.98. The highest BCUT2D eigenvalue weighted by Gasteiger charge is 1.98. The molecule has 0 bridgehead atoms. The summed E-state index contributed by atoms with van der Waals surface area (Å²) in [5.74, 6) is 0.750. The molecule has 0 saturated heterocycles. The second-order valence-electron chi connectivity index (χ2n) is 1.21. The molecule has 0 radical (unpaired) electrons. The van der Waals surface area contributed by atoms with Crippen molar-refractivity contribution in [3.63, 3.8) is 0 Å². The third-order valence-corrected chi connectivity index (χ3v) is 1.37. The number of allylic oxidation sites excluding steroid dienone is 1.